The van der Waals surface area contributed by atoms with E-state index in [2.05, 4.69) is 22.1 Å². The van der Waals surface area contributed by atoms with Gasteiger partial charge in [0.05, 0.1) is 25.0 Å². The number of aliphatic hydroxyl groups is 1. The number of nitrogens with zero attached hydrogens (tertiary/aromatic N) is 3. The second-order valence-corrected chi connectivity index (χ2v) is 10.2. The lowest BCUT2D eigenvalue weighted by molar-refractivity contribution is 0.210. The van der Waals surface area contributed by atoms with Crippen molar-refractivity contribution < 1.29 is 17.9 Å². The predicted octanol–water partition coefficient (Wildman–Crippen LogP) is 2.50. The van der Waals surface area contributed by atoms with Crippen molar-refractivity contribution in [2.45, 2.75) is 23.5 Å². The van der Waals surface area contributed by atoms with Gasteiger partial charge in [0.2, 0.25) is 0 Å². The summed E-state index contributed by atoms with van der Waals surface area (Å²) in [5.74, 6) is 5.71. The highest BCUT2D eigenvalue weighted by molar-refractivity contribution is 7.89. The SMILES string of the molecule is Cn1cnc(S(=O)(=O)N2CC[C@@H]3[C@H]2c2cc(C#Cc4ccc(F)cc4)ccc2N[C@@H]3CO)c1. The highest BCUT2D eigenvalue weighted by Crippen LogP contribution is 2.48. The zero-order chi connectivity index (χ0) is 23.2. The van der Waals surface area contributed by atoms with Crippen molar-refractivity contribution in [2.75, 3.05) is 18.5 Å². The maximum atomic E-state index is 13.4. The maximum Gasteiger partial charge on any atom is 0.262 e. The molecule has 1 fully saturated rings. The summed E-state index contributed by atoms with van der Waals surface area (Å²) in [6, 6.07) is 10.9. The molecule has 1 aromatic heterocycles. The van der Waals surface area contributed by atoms with Crippen LogP contribution in [0.3, 0.4) is 0 Å². The van der Waals surface area contributed by atoms with Crippen molar-refractivity contribution in [1.29, 1.82) is 0 Å². The van der Waals surface area contributed by atoms with Gasteiger partial charge in [0.15, 0.2) is 5.03 Å². The predicted molar refractivity (Wildman–Crippen MR) is 121 cm³/mol. The van der Waals surface area contributed by atoms with E-state index in [4.69, 9.17) is 0 Å². The third-order valence-corrected chi connectivity index (χ3v) is 8.04. The first-order chi connectivity index (χ1) is 15.9. The molecule has 3 atom stereocenters. The normalized spacial score (nSPS) is 22.1. The van der Waals surface area contributed by atoms with Gasteiger partial charge in [0.25, 0.3) is 10.0 Å². The molecule has 0 bridgehead atoms. The van der Waals surface area contributed by atoms with E-state index < -0.39 is 16.1 Å². The Morgan fingerprint density at radius 1 is 1.18 bits per heavy atom. The van der Waals surface area contributed by atoms with E-state index in [9.17, 15) is 17.9 Å². The maximum absolute atomic E-state index is 13.4. The molecule has 2 aromatic carbocycles. The van der Waals surface area contributed by atoms with Gasteiger partial charge >= 0.3 is 0 Å². The summed E-state index contributed by atoms with van der Waals surface area (Å²) in [6.07, 6.45) is 3.59. The van der Waals surface area contributed by atoms with Gasteiger partial charge in [-0.25, -0.2) is 17.8 Å². The van der Waals surface area contributed by atoms with Crippen LogP contribution in [0, 0.1) is 23.6 Å². The second kappa shape index (κ2) is 8.30. The van der Waals surface area contributed by atoms with E-state index in [-0.39, 0.29) is 29.4 Å². The number of aryl methyl sites for hydroxylation is 1. The zero-order valence-corrected chi connectivity index (χ0v) is 18.8. The van der Waals surface area contributed by atoms with E-state index in [0.29, 0.717) is 18.5 Å². The van der Waals surface area contributed by atoms with Gasteiger partial charge in [-0.1, -0.05) is 11.8 Å². The molecule has 3 heterocycles. The van der Waals surface area contributed by atoms with Crippen LogP contribution in [-0.2, 0) is 17.1 Å². The minimum Gasteiger partial charge on any atom is -0.394 e. The Bertz CT molecular complexity index is 1360. The topological polar surface area (TPSA) is 87.5 Å². The van der Waals surface area contributed by atoms with Gasteiger partial charge in [-0.2, -0.15) is 4.31 Å². The van der Waals surface area contributed by atoms with Gasteiger partial charge in [-0.05, 0) is 54.4 Å². The van der Waals surface area contributed by atoms with E-state index in [0.717, 1.165) is 16.8 Å². The monoisotopic (exact) mass is 466 g/mol. The van der Waals surface area contributed by atoms with Crippen molar-refractivity contribution in [2.24, 2.45) is 13.0 Å². The molecule has 3 aromatic rings. The van der Waals surface area contributed by atoms with Gasteiger partial charge in [-0.3, -0.25) is 0 Å². The van der Waals surface area contributed by atoms with Gasteiger partial charge in [0.1, 0.15) is 5.82 Å². The fourth-order valence-corrected chi connectivity index (χ4v) is 6.32. The van der Waals surface area contributed by atoms with Gasteiger partial charge in [-0.15, -0.1) is 0 Å². The molecule has 0 aliphatic carbocycles. The quantitative estimate of drug-likeness (QED) is 0.580. The van der Waals surface area contributed by atoms with E-state index in [1.54, 1.807) is 23.7 Å². The van der Waals surface area contributed by atoms with Crippen LogP contribution in [0.4, 0.5) is 10.1 Å². The number of nitrogens with one attached hydrogen (secondary N) is 1. The summed E-state index contributed by atoms with van der Waals surface area (Å²) in [6.45, 7) is 0.252. The van der Waals surface area contributed by atoms with Crippen molar-refractivity contribution in [1.82, 2.24) is 13.9 Å². The Labute approximate surface area is 191 Å². The first-order valence-electron chi connectivity index (χ1n) is 10.7. The standard InChI is InChI=1S/C24H23FN4O3S/c1-28-13-23(26-15-28)33(31,32)29-11-10-19-22(14-30)27-21-9-6-17(12-20(21)24(19)29)3-2-16-4-7-18(25)8-5-16/h4-9,12-13,15,19,22,24,27,30H,10-11,14H2,1H3/t19-,22+,24-/m0/s1. The lowest BCUT2D eigenvalue weighted by Crippen LogP contribution is -2.42. The number of sulfonamides is 1. The molecule has 170 valence electrons. The number of fused-ring (bicyclic) bond motifs is 3. The van der Waals surface area contributed by atoms with Crippen molar-refractivity contribution in [3.05, 3.63) is 77.5 Å². The number of hydrogen-bond donors (Lipinski definition) is 2. The Morgan fingerprint density at radius 3 is 2.61 bits per heavy atom. The molecule has 9 heteroatoms. The van der Waals surface area contributed by atoms with Crippen molar-refractivity contribution in [3.63, 3.8) is 0 Å². The number of imidazole rings is 1. The molecule has 0 unspecified atom stereocenters. The molecule has 1 saturated heterocycles. The molecule has 7 nitrogen and oxygen atoms in total. The summed E-state index contributed by atoms with van der Waals surface area (Å²) in [5, 5.41) is 13.3. The molecule has 0 spiro atoms. The Morgan fingerprint density at radius 2 is 1.91 bits per heavy atom. The summed E-state index contributed by atoms with van der Waals surface area (Å²) in [4.78, 5) is 4.07. The first-order valence-corrected chi connectivity index (χ1v) is 12.1. The molecule has 33 heavy (non-hydrogen) atoms. The Kier molecular flexibility index (Phi) is 5.44. The average Bonchev–Trinajstić information content (AvgIpc) is 3.46. The molecular formula is C24H23FN4O3S. The molecule has 2 aliphatic heterocycles. The number of anilines is 1. The van der Waals surface area contributed by atoms with E-state index in [1.165, 1.54) is 29.0 Å². The van der Waals surface area contributed by atoms with Crippen LogP contribution < -0.4 is 5.32 Å². The number of aromatic nitrogens is 2. The highest BCUT2D eigenvalue weighted by Gasteiger charge is 2.49. The number of benzene rings is 2. The highest BCUT2D eigenvalue weighted by atomic mass is 32.2. The van der Waals surface area contributed by atoms with Crippen LogP contribution in [0.2, 0.25) is 0 Å². The largest absolute Gasteiger partial charge is 0.394 e. The Balaban J connectivity index is 1.55. The smallest absolute Gasteiger partial charge is 0.262 e. The van der Waals surface area contributed by atoms with Gasteiger partial charge < -0.3 is 15.0 Å². The molecule has 2 aliphatic rings. The number of aliphatic hydroxyl groups excluding tert-OH is 1. The average molecular weight is 467 g/mol. The molecule has 5 rings (SSSR count). The molecule has 0 radical (unpaired) electrons. The van der Waals surface area contributed by atoms with Crippen LogP contribution in [-0.4, -0.2) is 46.6 Å². The third-order valence-electron chi connectivity index (χ3n) is 6.27. The van der Waals surface area contributed by atoms with Crippen LogP contribution in [0.1, 0.15) is 29.2 Å². The van der Waals surface area contributed by atoms with Crippen LogP contribution in [0.15, 0.2) is 60.0 Å². The summed E-state index contributed by atoms with van der Waals surface area (Å²) >= 11 is 0. The number of rotatable bonds is 3. The van der Waals surface area contributed by atoms with E-state index >= 15 is 0 Å². The van der Waals surface area contributed by atoms with Crippen LogP contribution in [0.25, 0.3) is 0 Å². The van der Waals surface area contributed by atoms with Crippen LogP contribution >= 0.6 is 0 Å². The zero-order valence-electron chi connectivity index (χ0n) is 17.9. The fraction of sp³-hybridized carbons (Fsp3) is 0.292. The first kappa shape index (κ1) is 21.6. The molecule has 0 amide bonds. The minimum atomic E-state index is -3.81. The molecule has 0 saturated carbocycles. The van der Waals surface area contributed by atoms with Crippen molar-refractivity contribution in [3.8, 4) is 11.8 Å². The lowest BCUT2D eigenvalue weighted by Gasteiger charge is -2.38. The molecular weight excluding hydrogens is 443 g/mol. The van der Waals surface area contributed by atoms with Crippen molar-refractivity contribution >= 4 is 15.7 Å². The minimum absolute atomic E-state index is 0.0125. The fourth-order valence-electron chi connectivity index (χ4n) is 4.69. The number of hydrogen-bond acceptors (Lipinski definition) is 5. The van der Waals surface area contributed by atoms with Gasteiger partial charge in [0, 0.05) is 42.5 Å². The summed E-state index contributed by atoms with van der Waals surface area (Å²) in [5.41, 5.74) is 3.02. The summed E-state index contributed by atoms with van der Waals surface area (Å²) < 4.78 is 43.1. The van der Waals surface area contributed by atoms with E-state index in [1.807, 2.05) is 18.2 Å². The Hall–Kier alpha value is -3.19. The third kappa shape index (κ3) is 3.91. The molecule has 2 N–H and O–H groups in total. The lowest BCUT2D eigenvalue weighted by atomic mass is 9.83. The summed E-state index contributed by atoms with van der Waals surface area (Å²) in [7, 11) is -2.09. The number of halogens is 1. The second-order valence-electron chi connectivity index (χ2n) is 8.38. The van der Waals surface area contributed by atoms with Crippen LogP contribution in [0.5, 0.6) is 0 Å².